The third-order valence-corrected chi connectivity index (χ3v) is 3.50. The van der Waals surface area contributed by atoms with Gasteiger partial charge in [-0.25, -0.2) is 0 Å². The van der Waals surface area contributed by atoms with Gasteiger partial charge in [0.2, 0.25) is 0 Å². The molecule has 3 N–H and O–H groups in total. The van der Waals surface area contributed by atoms with Crippen LogP contribution in [0, 0.1) is 5.92 Å². The van der Waals surface area contributed by atoms with Crippen molar-refractivity contribution in [3.63, 3.8) is 0 Å². The number of ether oxygens (including phenoxy) is 1. The standard InChI is InChI=1S/C18H29NO3/c1-17(2,3)13-9-7-12(8-10-13)15(19)14(11-20)16(21)22-18(4,5)6/h7-10,14-15,20H,11,19H2,1-6H3/t14-,15?/m1/s1. The lowest BCUT2D eigenvalue weighted by molar-refractivity contribution is -0.162. The lowest BCUT2D eigenvalue weighted by Crippen LogP contribution is -2.36. The Morgan fingerprint density at radius 3 is 2.00 bits per heavy atom. The van der Waals surface area contributed by atoms with Gasteiger partial charge in [-0.3, -0.25) is 4.79 Å². The van der Waals surface area contributed by atoms with Crippen molar-refractivity contribution in [2.24, 2.45) is 11.7 Å². The number of hydrogen-bond donors (Lipinski definition) is 2. The summed E-state index contributed by atoms with van der Waals surface area (Å²) >= 11 is 0. The molecular weight excluding hydrogens is 278 g/mol. The second-order valence-corrected chi connectivity index (χ2v) is 7.72. The van der Waals surface area contributed by atoms with Crippen molar-refractivity contribution < 1.29 is 14.6 Å². The highest BCUT2D eigenvalue weighted by Gasteiger charge is 2.30. The van der Waals surface area contributed by atoms with E-state index in [-0.39, 0.29) is 12.0 Å². The van der Waals surface area contributed by atoms with Crippen LogP contribution in [0.5, 0.6) is 0 Å². The lowest BCUT2D eigenvalue weighted by atomic mass is 9.85. The molecule has 0 radical (unpaired) electrons. The minimum Gasteiger partial charge on any atom is -0.460 e. The molecule has 4 heteroatoms. The number of carbonyl (C=O) groups excluding carboxylic acids is 1. The molecule has 124 valence electrons. The first-order valence-electron chi connectivity index (χ1n) is 7.65. The fraction of sp³-hybridized carbons (Fsp3) is 0.611. The van der Waals surface area contributed by atoms with Gasteiger partial charge in [0.1, 0.15) is 5.60 Å². The molecular formula is C18H29NO3. The van der Waals surface area contributed by atoms with Gasteiger partial charge in [0.25, 0.3) is 0 Å². The molecule has 0 fully saturated rings. The monoisotopic (exact) mass is 307 g/mol. The van der Waals surface area contributed by atoms with E-state index in [9.17, 15) is 9.90 Å². The second-order valence-electron chi connectivity index (χ2n) is 7.72. The molecule has 4 nitrogen and oxygen atoms in total. The maximum Gasteiger partial charge on any atom is 0.313 e. The summed E-state index contributed by atoms with van der Waals surface area (Å²) in [7, 11) is 0. The Kier molecular flexibility index (Phi) is 5.76. The first kappa shape index (κ1) is 18.7. The van der Waals surface area contributed by atoms with Crippen molar-refractivity contribution in [1.82, 2.24) is 0 Å². The van der Waals surface area contributed by atoms with Crippen LogP contribution in [0.1, 0.15) is 58.7 Å². The summed E-state index contributed by atoms with van der Waals surface area (Å²) in [6.07, 6.45) is 0. The van der Waals surface area contributed by atoms with Gasteiger partial charge in [0.05, 0.1) is 12.5 Å². The van der Waals surface area contributed by atoms with E-state index in [4.69, 9.17) is 10.5 Å². The molecule has 2 atom stereocenters. The first-order valence-corrected chi connectivity index (χ1v) is 7.65. The Morgan fingerprint density at radius 2 is 1.64 bits per heavy atom. The van der Waals surface area contributed by atoms with Crippen LogP contribution in [0.4, 0.5) is 0 Å². The van der Waals surface area contributed by atoms with E-state index in [0.29, 0.717) is 0 Å². The number of carbonyl (C=O) groups is 1. The van der Waals surface area contributed by atoms with Crippen LogP contribution in [-0.4, -0.2) is 23.3 Å². The number of nitrogens with two attached hydrogens (primary N) is 1. The number of benzene rings is 1. The maximum atomic E-state index is 12.2. The van der Waals surface area contributed by atoms with E-state index in [0.717, 1.165) is 5.56 Å². The fourth-order valence-electron chi connectivity index (χ4n) is 2.15. The smallest absolute Gasteiger partial charge is 0.313 e. The van der Waals surface area contributed by atoms with E-state index in [1.54, 1.807) is 20.8 Å². The normalized spacial score (nSPS) is 15.3. The predicted molar refractivity (Wildman–Crippen MR) is 88.5 cm³/mol. The Morgan fingerprint density at radius 1 is 1.14 bits per heavy atom. The molecule has 22 heavy (non-hydrogen) atoms. The summed E-state index contributed by atoms with van der Waals surface area (Å²) in [5, 5.41) is 9.53. The van der Waals surface area contributed by atoms with Gasteiger partial charge in [-0.2, -0.15) is 0 Å². The number of aliphatic hydroxyl groups excluding tert-OH is 1. The molecule has 0 aromatic heterocycles. The number of hydrogen-bond acceptors (Lipinski definition) is 4. The van der Waals surface area contributed by atoms with Crippen LogP contribution in [0.15, 0.2) is 24.3 Å². The van der Waals surface area contributed by atoms with E-state index >= 15 is 0 Å². The Balaban J connectivity index is 2.92. The summed E-state index contributed by atoms with van der Waals surface area (Å²) < 4.78 is 5.33. The summed E-state index contributed by atoms with van der Waals surface area (Å²) in [6.45, 7) is 11.5. The molecule has 0 heterocycles. The molecule has 1 aromatic rings. The Bertz CT molecular complexity index is 495. The fourth-order valence-corrected chi connectivity index (χ4v) is 2.15. The number of rotatable bonds is 4. The summed E-state index contributed by atoms with van der Waals surface area (Å²) in [4.78, 5) is 12.2. The highest BCUT2D eigenvalue weighted by atomic mass is 16.6. The third kappa shape index (κ3) is 5.11. The minimum absolute atomic E-state index is 0.0597. The molecule has 1 aromatic carbocycles. The van der Waals surface area contributed by atoms with Gasteiger partial charge in [-0.1, -0.05) is 45.0 Å². The molecule has 1 unspecified atom stereocenters. The zero-order chi connectivity index (χ0) is 17.1. The van der Waals surface area contributed by atoms with Crippen LogP contribution in [0.2, 0.25) is 0 Å². The number of aliphatic hydroxyl groups is 1. The minimum atomic E-state index is -0.764. The van der Waals surface area contributed by atoms with Crippen molar-refractivity contribution >= 4 is 5.97 Å². The topological polar surface area (TPSA) is 72.5 Å². The van der Waals surface area contributed by atoms with E-state index in [1.807, 2.05) is 24.3 Å². The van der Waals surface area contributed by atoms with Gasteiger partial charge in [-0.05, 0) is 37.3 Å². The average molecular weight is 307 g/mol. The Hall–Kier alpha value is -1.39. The van der Waals surface area contributed by atoms with E-state index < -0.39 is 23.5 Å². The predicted octanol–water partition coefficient (Wildman–Crippen LogP) is 2.93. The summed E-state index contributed by atoms with van der Waals surface area (Å²) in [5.41, 5.74) is 7.64. The van der Waals surface area contributed by atoms with Crippen molar-refractivity contribution in [2.75, 3.05) is 6.61 Å². The molecule has 0 aliphatic heterocycles. The van der Waals surface area contributed by atoms with Crippen LogP contribution >= 0.6 is 0 Å². The summed E-state index contributed by atoms with van der Waals surface area (Å²) in [6, 6.07) is 7.27. The second kappa shape index (κ2) is 6.80. The molecule has 0 saturated heterocycles. The molecule has 0 saturated carbocycles. The molecule has 0 spiro atoms. The quantitative estimate of drug-likeness (QED) is 0.839. The van der Waals surface area contributed by atoms with E-state index in [1.165, 1.54) is 5.56 Å². The average Bonchev–Trinajstić information content (AvgIpc) is 2.36. The largest absolute Gasteiger partial charge is 0.460 e. The SMILES string of the molecule is CC(C)(C)OC(=O)[C@H](CO)C(N)c1ccc(C(C)(C)C)cc1. The zero-order valence-electron chi connectivity index (χ0n) is 14.5. The Labute approximate surface area is 133 Å². The van der Waals surface area contributed by atoms with Crippen molar-refractivity contribution in [3.8, 4) is 0 Å². The highest BCUT2D eigenvalue weighted by Crippen LogP contribution is 2.27. The maximum absolute atomic E-state index is 12.2. The third-order valence-electron chi connectivity index (χ3n) is 3.50. The van der Waals surface area contributed by atoms with Gasteiger partial charge < -0.3 is 15.6 Å². The van der Waals surface area contributed by atoms with Crippen LogP contribution in [-0.2, 0) is 14.9 Å². The van der Waals surface area contributed by atoms with E-state index in [2.05, 4.69) is 20.8 Å². The van der Waals surface area contributed by atoms with Crippen LogP contribution in [0.25, 0.3) is 0 Å². The van der Waals surface area contributed by atoms with Crippen molar-refractivity contribution in [1.29, 1.82) is 0 Å². The van der Waals surface area contributed by atoms with Gasteiger partial charge in [-0.15, -0.1) is 0 Å². The van der Waals surface area contributed by atoms with Gasteiger partial charge in [0, 0.05) is 6.04 Å². The zero-order valence-corrected chi connectivity index (χ0v) is 14.5. The molecule has 0 aliphatic rings. The van der Waals surface area contributed by atoms with Crippen LogP contribution < -0.4 is 5.73 Å². The highest BCUT2D eigenvalue weighted by molar-refractivity contribution is 5.74. The van der Waals surface area contributed by atoms with Crippen molar-refractivity contribution in [2.45, 2.75) is 58.6 Å². The van der Waals surface area contributed by atoms with Crippen molar-refractivity contribution in [3.05, 3.63) is 35.4 Å². The van der Waals surface area contributed by atoms with Gasteiger partial charge >= 0.3 is 5.97 Å². The molecule has 0 amide bonds. The summed E-state index contributed by atoms with van der Waals surface area (Å²) in [5.74, 6) is -1.23. The lowest BCUT2D eigenvalue weighted by Gasteiger charge is -2.27. The number of esters is 1. The first-order chi connectivity index (χ1) is 9.95. The van der Waals surface area contributed by atoms with Gasteiger partial charge in [0.15, 0.2) is 0 Å². The molecule has 1 rings (SSSR count). The van der Waals surface area contributed by atoms with Crippen LogP contribution in [0.3, 0.4) is 0 Å². The molecule has 0 aliphatic carbocycles. The molecule has 0 bridgehead atoms.